The second kappa shape index (κ2) is 6.97. The molecule has 0 spiro atoms. The van der Waals surface area contributed by atoms with Crippen molar-refractivity contribution < 1.29 is 0 Å². The lowest BCUT2D eigenvalue weighted by molar-refractivity contribution is 0.488. The van der Waals surface area contributed by atoms with E-state index < -0.39 is 0 Å². The van der Waals surface area contributed by atoms with E-state index in [4.69, 9.17) is 0 Å². The smallest absolute Gasteiger partial charge is 0.0625 e. The molecule has 0 radical (unpaired) electrons. The van der Waals surface area contributed by atoms with Crippen molar-refractivity contribution in [2.45, 2.75) is 49.8 Å². The number of aryl methyl sites for hydroxylation is 1. The van der Waals surface area contributed by atoms with Crippen LogP contribution < -0.4 is 5.32 Å². The maximum atomic E-state index is 4.17. The summed E-state index contributed by atoms with van der Waals surface area (Å²) in [4.78, 5) is 1.25. The van der Waals surface area contributed by atoms with E-state index in [2.05, 4.69) is 37.4 Å². The van der Waals surface area contributed by atoms with Gasteiger partial charge in [-0.15, -0.1) is 11.8 Å². The fourth-order valence-corrected chi connectivity index (χ4v) is 2.61. The lowest BCUT2D eigenvalue weighted by Gasteiger charge is -2.17. The molecule has 0 aliphatic heterocycles. The van der Waals surface area contributed by atoms with Gasteiger partial charge < -0.3 is 5.32 Å². The number of hydrogen-bond acceptors (Lipinski definition) is 3. The predicted molar refractivity (Wildman–Crippen MR) is 70.9 cm³/mol. The van der Waals surface area contributed by atoms with Gasteiger partial charge in [-0.25, -0.2) is 0 Å². The van der Waals surface area contributed by atoms with Crippen LogP contribution in [0.2, 0.25) is 0 Å². The van der Waals surface area contributed by atoms with Gasteiger partial charge in [0.15, 0.2) is 0 Å². The summed E-state index contributed by atoms with van der Waals surface area (Å²) in [6.07, 6.45) is 6.41. The molecule has 1 aromatic rings. The maximum absolute atomic E-state index is 4.17. The van der Waals surface area contributed by atoms with Crippen molar-refractivity contribution in [1.29, 1.82) is 0 Å². The lowest BCUT2D eigenvalue weighted by Crippen LogP contribution is -2.32. The molecule has 16 heavy (non-hydrogen) atoms. The zero-order valence-electron chi connectivity index (χ0n) is 10.7. The Morgan fingerprint density at radius 3 is 2.62 bits per heavy atom. The maximum Gasteiger partial charge on any atom is 0.0625 e. The zero-order chi connectivity index (χ0) is 12.0. The number of hydrogen-bond donors (Lipinski definition) is 1. The van der Waals surface area contributed by atoms with Crippen molar-refractivity contribution in [2.24, 2.45) is 7.05 Å². The molecule has 92 valence electrons. The third kappa shape index (κ3) is 4.58. The molecule has 0 aliphatic carbocycles. The highest BCUT2D eigenvalue weighted by molar-refractivity contribution is 8.00. The Bertz CT molecular complexity index is 294. The third-order valence-corrected chi connectivity index (χ3v) is 3.75. The summed E-state index contributed by atoms with van der Waals surface area (Å²) in [7, 11) is 1.96. The van der Waals surface area contributed by atoms with Crippen LogP contribution in [0.4, 0.5) is 0 Å². The number of thioether (sulfide) groups is 1. The van der Waals surface area contributed by atoms with Crippen LogP contribution in [0.1, 0.15) is 33.6 Å². The monoisotopic (exact) mass is 241 g/mol. The predicted octanol–water partition coefficient (Wildman–Crippen LogP) is 2.68. The van der Waals surface area contributed by atoms with Crippen molar-refractivity contribution >= 4 is 11.8 Å². The molecule has 1 rings (SSSR count). The minimum atomic E-state index is 0.588. The molecular formula is C12H23N3S. The quantitative estimate of drug-likeness (QED) is 0.744. The van der Waals surface area contributed by atoms with Crippen LogP contribution >= 0.6 is 11.8 Å². The normalized spacial score (nSPS) is 13.3. The molecule has 0 aromatic carbocycles. The average Bonchev–Trinajstić information content (AvgIpc) is 2.65. The lowest BCUT2D eigenvalue weighted by atomic mass is 10.2. The van der Waals surface area contributed by atoms with Crippen LogP contribution in [-0.2, 0) is 7.05 Å². The van der Waals surface area contributed by atoms with Gasteiger partial charge >= 0.3 is 0 Å². The van der Waals surface area contributed by atoms with E-state index >= 15 is 0 Å². The number of aromatic nitrogens is 2. The largest absolute Gasteiger partial charge is 0.313 e. The third-order valence-electron chi connectivity index (χ3n) is 2.70. The molecule has 1 atom stereocenters. The highest BCUT2D eigenvalue weighted by Gasteiger charge is 2.08. The summed E-state index contributed by atoms with van der Waals surface area (Å²) in [6.45, 7) is 7.79. The van der Waals surface area contributed by atoms with E-state index in [0.29, 0.717) is 11.3 Å². The summed E-state index contributed by atoms with van der Waals surface area (Å²) < 4.78 is 1.85. The van der Waals surface area contributed by atoms with E-state index in [9.17, 15) is 0 Å². The first-order valence-corrected chi connectivity index (χ1v) is 6.92. The van der Waals surface area contributed by atoms with Crippen molar-refractivity contribution in [1.82, 2.24) is 15.1 Å². The van der Waals surface area contributed by atoms with Crippen LogP contribution in [0.15, 0.2) is 17.3 Å². The van der Waals surface area contributed by atoms with Crippen LogP contribution in [0.25, 0.3) is 0 Å². The van der Waals surface area contributed by atoms with E-state index in [1.54, 1.807) is 0 Å². The first-order valence-electron chi connectivity index (χ1n) is 6.04. The Morgan fingerprint density at radius 2 is 2.12 bits per heavy atom. The number of rotatable bonds is 7. The van der Waals surface area contributed by atoms with Crippen molar-refractivity contribution in [3.63, 3.8) is 0 Å². The fourth-order valence-electron chi connectivity index (χ4n) is 1.64. The Hall–Kier alpha value is -0.480. The van der Waals surface area contributed by atoms with Gasteiger partial charge in [-0.05, 0) is 12.8 Å². The first kappa shape index (κ1) is 13.6. The van der Waals surface area contributed by atoms with Crippen LogP contribution in [0.3, 0.4) is 0 Å². The molecular weight excluding hydrogens is 218 g/mol. The molecule has 0 amide bonds. The summed E-state index contributed by atoms with van der Waals surface area (Å²) in [6, 6.07) is 0.664. The standard InChI is InChI=1S/C12H23N3S/c1-5-11(6-2)13-7-10(3)16-12-8-14-15(4)9-12/h8-11,13H,5-7H2,1-4H3. The van der Waals surface area contributed by atoms with Gasteiger partial charge in [0.1, 0.15) is 0 Å². The van der Waals surface area contributed by atoms with E-state index in [-0.39, 0.29) is 0 Å². The molecule has 4 heteroatoms. The van der Waals surface area contributed by atoms with E-state index in [1.807, 2.05) is 29.7 Å². The van der Waals surface area contributed by atoms with E-state index in [1.165, 1.54) is 17.7 Å². The molecule has 0 bridgehead atoms. The highest BCUT2D eigenvalue weighted by Crippen LogP contribution is 2.21. The average molecular weight is 241 g/mol. The number of nitrogens with zero attached hydrogens (tertiary/aromatic N) is 2. The van der Waals surface area contributed by atoms with Gasteiger partial charge in [0.25, 0.3) is 0 Å². The van der Waals surface area contributed by atoms with Gasteiger partial charge in [0, 0.05) is 36.0 Å². The van der Waals surface area contributed by atoms with E-state index in [0.717, 1.165) is 6.54 Å². The van der Waals surface area contributed by atoms with Gasteiger partial charge in [-0.2, -0.15) is 5.10 Å². The summed E-state index contributed by atoms with van der Waals surface area (Å²) in [5.74, 6) is 0. The first-order chi connectivity index (χ1) is 7.65. The van der Waals surface area contributed by atoms with Crippen molar-refractivity contribution in [2.75, 3.05) is 6.54 Å². The Labute approximate surface area is 103 Å². The Kier molecular flexibility index (Phi) is 5.91. The second-order valence-electron chi connectivity index (χ2n) is 4.20. The molecule has 0 saturated carbocycles. The molecule has 1 aromatic heterocycles. The van der Waals surface area contributed by atoms with Gasteiger partial charge in [-0.3, -0.25) is 4.68 Å². The Morgan fingerprint density at radius 1 is 1.44 bits per heavy atom. The molecule has 0 saturated heterocycles. The molecule has 0 aliphatic rings. The molecule has 0 fully saturated rings. The fraction of sp³-hybridized carbons (Fsp3) is 0.750. The molecule has 1 N–H and O–H groups in total. The molecule has 1 unspecified atom stereocenters. The SMILES string of the molecule is CCC(CC)NCC(C)Sc1cnn(C)c1. The van der Waals surface area contributed by atoms with Crippen molar-refractivity contribution in [3.05, 3.63) is 12.4 Å². The highest BCUT2D eigenvalue weighted by atomic mass is 32.2. The minimum absolute atomic E-state index is 0.588. The minimum Gasteiger partial charge on any atom is -0.313 e. The van der Waals surface area contributed by atoms with Crippen LogP contribution in [0, 0.1) is 0 Å². The second-order valence-corrected chi connectivity index (χ2v) is 5.71. The summed E-state index contributed by atoms with van der Waals surface area (Å²) in [5, 5.41) is 8.36. The molecule has 1 heterocycles. The van der Waals surface area contributed by atoms with Gasteiger partial charge in [0.05, 0.1) is 6.20 Å². The van der Waals surface area contributed by atoms with Crippen LogP contribution in [0.5, 0.6) is 0 Å². The summed E-state index contributed by atoms with van der Waals surface area (Å²) in [5.41, 5.74) is 0. The van der Waals surface area contributed by atoms with Crippen molar-refractivity contribution in [3.8, 4) is 0 Å². The zero-order valence-corrected chi connectivity index (χ0v) is 11.5. The van der Waals surface area contributed by atoms with Gasteiger partial charge in [-0.1, -0.05) is 20.8 Å². The summed E-state index contributed by atoms with van der Waals surface area (Å²) >= 11 is 1.88. The van der Waals surface area contributed by atoms with Crippen LogP contribution in [-0.4, -0.2) is 27.6 Å². The molecule has 3 nitrogen and oxygen atoms in total. The van der Waals surface area contributed by atoms with Gasteiger partial charge in [0.2, 0.25) is 0 Å². The Balaban J connectivity index is 2.27. The number of nitrogens with one attached hydrogen (secondary N) is 1. The topological polar surface area (TPSA) is 29.9 Å².